The van der Waals surface area contributed by atoms with Crippen molar-refractivity contribution in [2.75, 3.05) is 18.5 Å². The van der Waals surface area contributed by atoms with Crippen LogP contribution in [0.15, 0.2) is 66.7 Å². The fraction of sp³-hybridized carbons (Fsp3) is 0.250. The Kier molecular flexibility index (Phi) is 9.04. The fourth-order valence-electron chi connectivity index (χ4n) is 4.49. The first kappa shape index (κ1) is 26.5. The fourth-order valence-corrected chi connectivity index (χ4v) is 4.79. The molecule has 0 aromatic heterocycles. The standard InChI is InChI=1S/C28H27Cl2N3O4/c29-24-13-12-18(15-25(24)30)32-27(35)26(11-5-6-14-31-17-34)33-28(36)37-16-23-21-9-3-1-7-19(21)20-8-2-4-10-22(20)23/h1-4,7-10,12-13,15,17,23,26H,5-6,11,14,16H2,(H,31,34)(H,32,35)(H,33,36)/t26-/m0/s1. The number of fused-ring (bicyclic) bond motifs is 3. The number of hydrogen-bond acceptors (Lipinski definition) is 4. The van der Waals surface area contributed by atoms with Gasteiger partial charge in [0.05, 0.1) is 10.0 Å². The summed E-state index contributed by atoms with van der Waals surface area (Å²) in [6.07, 6.45) is 1.56. The van der Waals surface area contributed by atoms with Gasteiger partial charge in [0.25, 0.3) is 0 Å². The molecule has 0 saturated heterocycles. The van der Waals surface area contributed by atoms with Crippen molar-refractivity contribution in [3.63, 3.8) is 0 Å². The molecule has 3 aromatic carbocycles. The lowest BCUT2D eigenvalue weighted by atomic mass is 9.98. The van der Waals surface area contributed by atoms with E-state index in [1.165, 1.54) is 0 Å². The van der Waals surface area contributed by atoms with E-state index in [0.29, 0.717) is 47.9 Å². The van der Waals surface area contributed by atoms with E-state index in [2.05, 4.69) is 28.1 Å². The molecule has 192 valence electrons. The van der Waals surface area contributed by atoms with Crippen LogP contribution in [-0.4, -0.2) is 37.6 Å². The highest BCUT2D eigenvalue weighted by Crippen LogP contribution is 2.44. The zero-order chi connectivity index (χ0) is 26.2. The summed E-state index contributed by atoms with van der Waals surface area (Å²) in [5.41, 5.74) is 4.94. The van der Waals surface area contributed by atoms with Crippen LogP contribution < -0.4 is 16.0 Å². The van der Waals surface area contributed by atoms with Crippen LogP contribution in [-0.2, 0) is 14.3 Å². The smallest absolute Gasteiger partial charge is 0.407 e. The number of alkyl carbamates (subject to hydrolysis) is 1. The maximum absolute atomic E-state index is 13.0. The molecule has 0 heterocycles. The molecule has 3 amide bonds. The SMILES string of the molecule is O=CNCCCC[C@H](NC(=O)OCC1c2ccccc2-c2ccccc21)C(=O)Nc1ccc(Cl)c(Cl)c1. The Bertz CT molecular complexity index is 1240. The lowest BCUT2D eigenvalue weighted by molar-refractivity contribution is -0.118. The van der Waals surface area contributed by atoms with Crippen molar-refractivity contribution in [2.24, 2.45) is 0 Å². The van der Waals surface area contributed by atoms with Gasteiger partial charge in [-0.2, -0.15) is 0 Å². The largest absolute Gasteiger partial charge is 0.449 e. The molecular formula is C28H27Cl2N3O4. The molecule has 0 spiro atoms. The highest BCUT2D eigenvalue weighted by Gasteiger charge is 2.29. The van der Waals surface area contributed by atoms with Crippen LogP contribution in [0.2, 0.25) is 10.0 Å². The average molecular weight is 540 g/mol. The number of ether oxygens (including phenoxy) is 1. The molecule has 0 radical (unpaired) electrons. The van der Waals surface area contributed by atoms with Crippen molar-refractivity contribution >= 4 is 47.3 Å². The Balaban J connectivity index is 1.40. The zero-order valence-corrected chi connectivity index (χ0v) is 21.5. The maximum atomic E-state index is 13.0. The second-order valence-electron chi connectivity index (χ2n) is 8.71. The lowest BCUT2D eigenvalue weighted by Gasteiger charge is -2.20. The van der Waals surface area contributed by atoms with Gasteiger partial charge in [-0.05, 0) is 59.7 Å². The van der Waals surface area contributed by atoms with Crippen LogP contribution in [0.5, 0.6) is 0 Å². The van der Waals surface area contributed by atoms with Crippen molar-refractivity contribution in [2.45, 2.75) is 31.2 Å². The Morgan fingerprint density at radius 2 is 1.59 bits per heavy atom. The molecule has 1 aliphatic rings. The van der Waals surface area contributed by atoms with Gasteiger partial charge in [-0.1, -0.05) is 71.7 Å². The first-order valence-electron chi connectivity index (χ1n) is 12.0. The summed E-state index contributed by atoms with van der Waals surface area (Å²) in [7, 11) is 0. The van der Waals surface area contributed by atoms with Gasteiger partial charge in [0, 0.05) is 18.2 Å². The normalized spacial score (nSPS) is 12.7. The third-order valence-electron chi connectivity index (χ3n) is 6.29. The topological polar surface area (TPSA) is 96.5 Å². The van der Waals surface area contributed by atoms with Crippen molar-refractivity contribution in [1.82, 2.24) is 10.6 Å². The third-order valence-corrected chi connectivity index (χ3v) is 7.03. The number of anilines is 1. The molecule has 0 saturated carbocycles. The molecule has 0 unspecified atom stereocenters. The van der Waals surface area contributed by atoms with E-state index in [-0.39, 0.29) is 12.5 Å². The van der Waals surface area contributed by atoms with E-state index in [0.717, 1.165) is 22.3 Å². The van der Waals surface area contributed by atoms with Gasteiger partial charge in [-0.25, -0.2) is 4.79 Å². The monoisotopic (exact) mass is 539 g/mol. The summed E-state index contributed by atoms with van der Waals surface area (Å²) >= 11 is 12.0. The number of unbranched alkanes of at least 4 members (excludes halogenated alkanes) is 1. The third kappa shape index (κ3) is 6.61. The van der Waals surface area contributed by atoms with Gasteiger partial charge in [-0.3, -0.25) is 9.59 Å². The van der Waals surface area contributed by atoms with Crippen molar-refractivity contribution in [3.8, 4) is 11.1 Å². The Labute approximate surface area is 225 Å². The number of benzene rings is 3. The van der Waals surface area contributed by atoms with Gasteiger partial charge >= 0.3 is 6.09 Å². The first-order valence-corrected chi connectivity index (χ1v) is 12.8. The summed E-state index contributed by atoms with van der Waals surface area (Å²) in [5, 5.41) is 8.74. The van der Waals surface area contributed by atoms with Crippen LogP contribution in [0.25, 0.3) is 11.1 Å². The second kappa shape index (κ2) is 12.6. The molecule has 9 heteroatoms. The molecule has 1 atom stereocenters. The summed E-state index contributed by atoms with van der Waals surface area (Å²) in [4.78, 5) is 36.3. The van der Waals surface area contributed by atoms with Gasteiger partial charge in [0.15, 0.2) is 0 Å². The minimum atomic E-state index is -0.846. The van der Waals surface area contributed by atoms with Gasteiger partial charge in [0.2, 0.25) is 12.3 Å². The zero-order valence-electron chi connectivity index (χ0n) is 20.0. The molecule has 1 aliphatic carbocycles. The van der Waals surface area contributed by atoms with Crippen molar-refractivity contribution < 1.29 is 19.1 Å². The minimum Gasteiger partial charge on any atom is -0.449 e. The molecule has 3 aromatic rings. The number of amides is 3. The van der Waals surface area contributed by atoms with E-state index >= 15 is 0 Å². The number of rotatable bonds is 11. The molecule has 4 rings (SSSR count). The van der Waals surface area contributed by atoms with Crippen LogP contribution in [0.1, 0.15) is 36.3 Å². The molecule has 7 nitrogen and oxygen atoms in total. The van der Waals surface area contributed by atoms with E-state index in [9.17, 15) is 14.4 Å². The Morgan fingerprint density at radius 1 is 0.919 bits per heavy atom. The number of hydrogen-bond donors (Lipinski definition) is 3. The lowest BCUT2D eigenvalue weighted by Crippen LogP contribution is -2.44. The average Bonchev–Trinajstić information content (AvgIpc) is 3.22. The summed E-state index contributed by atoms with van der Waals surface area (Å²) in [6, 6.07) is 20.1. The molecule has 3 N–H and O–H groups in total. The number of halogens is 2. The van der Waals surface area contributed by atoms with Gasteiger partial charge < -0.3 is 20.7 Å². The molecule has 0 fully saturated rings. The molecular weight excluding hydrogens is 513 g/mol. The van der Waals surface area contributed by atoms with Gasteiger partial charge in [0.1, 0.15) is 12.6 Å². The summed E-state index contributed by atoms with van der Waals surface area (Å²) in [6.45, 7) is 0.625. The minimum absolute atomic E-state index is 0.0870. The van der Waals surface area contributed by atoms with Gasteiger partial charge in [-0.15, -0.1) is 0 Å². The predicted molar refractivity (Wildman–Crippen MR) is 145 cm³/mol. The summed E-state index contributed by atoms with van der Waals surface area (Å²) in [5.74, 6) is -0.494. The van der Waals surface area contributed by atoms with Crippen LogP contribution in [0.4, 0.5) is 10.5 Å². The second-order valence-corrected chi connectivity index (χ2v) is 9.52. The quantitative estimate of drug-likeness (QED) is 0.213. The number of carbonyl (C=O) groups excluding carboxylic acids is 3. The van der Waals surface area contributed by atoms with Crippen LogP contribution >= 0.6 is 23.2 Å². The highest BCUT2D eigenvalue weighted by molar-refractivity contribution is 6.42. The van der Waals surface area contributed by atoms with E-state index in [1.54, 1.807) is 18.2 Å². The van der Waals surface area contributed by atoms with Crippen molar-refractivity contribution in [3.05, 3.63) is 87.9 Å². The molecule has 0 aliphatic heterocycles. The highest BCUT2D eigenvalue weighted by atomic mass is 35.5. The summed E-state index contributed by atoms with van der Waals surface area (Å²) < 4.78 is 5.62. The van der Waals surface area contributed by atoms with Crippen LogP contribution in [0.3, 0.4) is 0 Å². The van der Waals surface area contributed by atoms with Crippen LogP contribution in [0, 0.1) is 0 Å². The Morgan fingerprint density at radius 3 is 2.24 bits per heavy atom. The first-order chi connectivity index (χ1) is 18.0. The molecule has 37 heavy (non-hydrogen) atoms. The van der Waals surface area contributed by atoms with E-state index in [4.69, 9.17) is 27.9 Å². The number of nitrogens with one attached hydrogen (secondary N) is 3. The predicted octanol–water partition coefficient (Wildman–Crippen LogP) is 5.76. The van der Waals surface area contributed by atoms with Crippen molar-refractivity contribution in [1.29, 1.82) is 0 Å². The van der Waals surface area contributed by atoms with E-state index in [1.807, 2.05) is 36.4 Å². The van der Waals surface area contributed by atoms with E-state index < -0.39 is 18.0 Å². The molecule has 0 bridgehead atoms. The Hall–Kier alpha value is -3.55. The maximum Gasteiger partial charge on any atom is 0.407 e. The number of carbonyl (C=O) groups is 3.